The van der Waals surface area contributed by atoms with Gasteiger partial charge in [-0.05, 0) is 18.4 Å². The predicted molar refractivity (Wildman–Crippen MR) is 123 cm³/mol. The number of nitrogens with zero attached hydrogens (tertiary/aromatic N) is 1. The quantitative estimate of drug-likeness (QED) is 0.485. The van der Waals surface area contributed by atoms with Gasteiger partial charge in [0.15, 0.2) is 12.4 Å². The Kier molecular flexibility index (Phi) is 20.8. The van der Waals surface area contributed by atoms with E-state index >= 15 is 0 Å². The Balaban J connectivity index is 0. The van der Waals surface area contributed by atoms with Crippen LogP contribution in [0.5, 0.6) is 0 Å². The number of alkyl halides is 1. The molecule has 0 radical (unpaired) electrons. The largest absolute Gasteiger partial charge is 0.409 e. The van der Waals surface area contributed by atoms with Crippen LogP contribution >= 0.6 is 11.6 Å². The summed E-state index contributed by atoms with van der Waals surface area (Å²) >= 11 is 4.64. The van der Waals surface area contributed by atoms with Gasteiger partial charge in [0.25, 0.3) is 12.6 Å². The van der Waals surface area contributed by atoms with Gasteiger partial charge in [0.2, 0.25) is 0 Å². The molecule has 3 N–H and O–H groups in total. The number of carbonyl (C=O) groups is 2. The molecule has 0 saturated heterocycles. The van der Waals surface area contributed by atoms with E-state index in [-0.39, 0.29) is 12.6 Å². The highest BCUT2D eigenvalue weighted by Crippen LogP contribution is 2.00. The molecule has 0 atom stereocenters. The van der Waals surface area contributed by atoms with Crippen molar-refractivity contribution in [1.29, 1.82) is 0 Å². The summed E-state index contributed by atoms with van der Waals surface area (Å²) < 4.78 is 6.19. The molecule has 0 saturated carbocycles. The number of rotatable bonds is 7. The van der Waals surface area contributed by atoms with Crippen molar-refractivity contribution in [1.82, 2.24) is 5.32 Å². The second-order valence-electron chi connectivity index (χ2n) is 5.69. The fourth-order valence-electron chi connectivity index (χ4n) is 2.11. The summed E-state index contributed by atoms with van der Waals surface area (Å²) in [5.74, 6) is -0.116. The van der Waals surface area contributed by atoms with Crippen molar-refractivity contribution in [2.45, 2.75) is 53.7 Å². The lowest BCUT2D eigenvalue weighted by atomic mass is 10.1. The molecule has 1 aromatic carbocycles. The summed E-state index contributed by atoms with van der Waals surface area (Å²) in [6.45, 7) is 8.87. The van der Waals surface area contributed by atoms with Gasteiger partial charge in [-0.1, -0.05) is 64.4 Å². The highest BCUT2D eigenvalue weighted by Gasteiger charge is 2.08. The molecule has 6 nitrogen and oxygen atoms in total. The fraction of sp³-hybridized carbons (Fsp3) is 0.435. The summed E-state index contributed by atoms with van der Waals surface area (Å²) in [6, 6.07) is 13.9. The molecule has 1 heterocycles. The molecule has 30 heavy (non-hydrogen) atoms. The molecule has 1 aromatic heterocycles. The minimum absolute atomic E-state index is 0.0339. The van der Waals surface area contributed by atoms with Crippen LogP contribution in [0.1, 0.15) is 56.5 Å². The van der Waals surface area contributed by atoms with E-state index in [0.29, 0.717) is 12.1 Å². The summed E-state index contributed by atoms with van der Waals surface area (Å²) in [4.78, 5) is 21.9. The van der Waals surface area contributed by atoms with Gasteiger partial charge in [-0.25, -0.2) is 4.79 Å². The zero-order valence-electron chi connectivity index (χ0n) is 18.9. The van der Waals surface area contributed by atoms with E-state index in [4.69, 9.17) is 5.73 Å². The van der Waals surface area contributed by atoms with Crippen LogP contribution in [-0.4, -0.2) is 24.9 Å². The van der Waals surface area contributed by atoms with Gasteiger partial charge >= 0.3 is 6.09 Å². The second kappa shape index (κ2) is 21.1. The van der Waals surface area contributed by atoms with Gasteiger partial charge in [-0.3, -0.25) is 4.79 Å². The number of aromatic nitrogens is 1. The summed E-state index contributed by atoms with van der Waals surface area (Å²) in [6.07, 6.45) is 7.27. The Hall–Kier alpha value is -2.60. The molecule has 0 spiro atoms. The molecule has 0 aliphatic heterocycles. The standard InChI is InChI=1S/C11H15N3O3.C9H12.C2H6.CH3Cl/c1-2-5-13-10(15)9-3-6-14(7-4-9)8-17-11(12)16;1-2-6-9-7-4-3-5-8-9;2*1-2/h3-4,6-7H,2,5,8H2,1H3,(H2-,12,13,15,16);3-5,7-8H,2,6H2,1H3;1-2H3;1H3/p+1. The van der Waals surface area contributed by atoms with Crippen LogP contribution < -0.4 is 15.6 Å². The van der Waals surface area contributed by atoms with Crippen LogP contribution in [0.25, 0.3) is 0 Å². The molecule has 168 valence electrons. The lowest BCUT2D eigenvalue weighted by molar-refractivity contribution is -0.727. The van der Waals surface area contributed by atoms with Crippen molar-refractivity contribution in [3.8, 4) is 0 Å². The molecule has 0 aliphatic carbocycles. The lowest BCUT2D eigenvalue weighted by Gasteiger charge is -2.02. The molecule has 7 heteroatoms. The molecule has 0 bridgehead atoms. The van der Waals surface area contributed by atoms with E-state index in [0.717, 1.165) is 6.42 Å². The third kappa shape index (κ3) is 15.3. The average molecular weight is 439 g/mol. The molecular formula is C23H37ClN3O3+. The maximum Gasteiger partial charge on any atom is 0.409 e. The molecule has 2 aromatic rings. The number of primary amides is 1. The van der Waals surface area contributed by atoms with Gasteiger partial charge in [0.1, 0.15) is 0 Å². The zero-order chi connectivity index (χ0) is 23.2. The predicted octanol–water partition coefficient (Wildman–Crippen LogP) is 4.69. The number of benzene rings is 1. The van der Waals surface area contributed by atoms with E-state index in [1.54, 1.807) is 29.1 Å². The molecule has 2 amide bonds. The van der Waals surface area contributed by atoms with Crippen molar-refractivity contribution in [3.63, 3.8) is 0 Å². The second-order valence-corrected chi connectivity index (χ2v) is 5.69. The number of hydrogen-bond donors (Lipinski definition) is 2. The fourth-order valence-corrected chi connectivity index (χ4v) is 2.11. The Morgan fingerprint density at radius 3 is 2.03 bits per heavy atom. The first-order valence-corrected chi connectivity index (χ1v) is 10.9. The number of carbonyl (C=O) groups excluding carboxylic acids is 2. The van der Waals surface area contributed by atoms with E-state index < -0.39 is 6.09 Å². The summed E-state index contributed by atoms with van der Waals surface area (Å²) in [7, 11) is 0. The SMILES string of the molecule is CC.CCCNC(=O)c1cc[n+](COC(N)=O)cc1.CCCc1ccccc1.CCl. The van der Waals surface area contributed by atoms with Gasteiger partial charge in [-0.2, -0.15) is 4.57 Å². The number of amides is 2. The Bertz CT molecular complexity index is 665. The van der Waals surface area contributed by atoms with E-state index in [1.165, 1.54) is 24.8 Å². The first-order valence-electron chi connectivity index (χ1n) is 10.2. The third-order valence-electron chi connectivity index (χ3n) is 3.43. The number of aryl methyl sites for hydroxylation is 1. The Labute approximate surface area is 186 Å². The lowest BCUT2D eigenvalue weighted by Crippen LogP contribution is -2.37. The summed E-state index contributed by atoms with van der Waals surface area (Å²) in [5.41, 5.74) is 6.84. The number of nitrogens with two attached hydrogens (primary N) is 1. The topological polar surface area (TPSA) is 85.3 Å². The molecule has 0 unspecified atom stereocenters. The minimum atomic E-state index is -0.831. The minimum Gasteiger partial charge on any atom is -0.389 e. The highest BCUT2D eigenvalue weighted by molar-refractivity contribution is 6.15. The number of nitrogens with one attached hydrogen (secondary N) is 1. The monoisotopic (exact) mass is 438 g/mol. The first-order chi connectivity index (χ1) is 14.6. The van der Waals surface area contributed by atoms with Crippen molar-refractivity contribution in [3.05, 3.63) is 66.0 Å². The average Bonchev–Trinajstić information content (AvgIpc) is 2.80. The first kappa shape index (κ1) is 29.6. The van der Waals surface area contributed by atoms with Crippen LogP contribution in [0.2, 0.25) is 0 Å². The molecule has 0 fully saturated rings. The van der Waals surface area contributed by atoms with Crippen molar-refractivity contribution in [2.75, 3.05) is 12.9 Å². The normalized spacial score (nSPS) is 8.73. The van der Waals surface area contributed by atoms with Gasteiger partial charge < -0.3 is 15.8 Å². The van der Waals surface area contributed by atoms with Crippen molar-refractivity contribution in [2.24, 2.45) is 5.73 Å². The molecular weight excluding hydrogens is 402 g/mol. The number of halogens is 1. The Morgan fingerprint density at radius 2 is 1.57 bits per heavy atom. The maximum absolute atomic E-state index is 11.6. The van der Waals surface area contributed by atoms with Crippen LogP contribution in [0, 0.1) is 0 Å². The van der Waals surface area contributed by atoms with E-state index in [9.17, 15) is 9.59 Å². The number of pyridine rings is 1. The molecule has 2 rings (SSSR count). The smallest absolute Gasteiger partial charge is 0.389 e. The van der Waals surface area contributed by atoms with Gasteiger partial charge in [0.05, 0.1) is 5.56 Å². The number of ether oxygens (including phenoxy) is 1. The van der Waals surface area contributed by atoms with E-state index in [2.05, 4.69) is 58.9 Å². The van der Waals surface area contributed by atoms with Crippen LogP contribution in [0.3, 0.4) is 0 Å². The Morgan fingerprint density at radius 1 is 1.00 bits per heavy atom. The van der Waals surface area contributed by atoms with Crippen LogP contribution in [-0.2, 0) is 17.9 Å². The number of hydrogen-bond acceptors (Lipinski definition) is 3. The van der Waals surface area contributed by atoms with Gasteiger partial charge in [-0.15, -0.1) is 11.6 Å². The van der Waals surface area contributed by atoms with Crippen molar-refractivity contribution < 1.29 is 18.9 Å². The maximum atomic E-state index is 11.6. The summed E-state index contributed by atoms with van der Waals surface area (Å²) in [5, 5.41) is 2.76. The zero-order valence-corrected chi connectivity index (χ0v) is 19.6. The van der Waals surface area contributed by atoms with Crippen LogP contribution in [0.4, 0.5) is 4.79 Å². The third-order valence-corrected chi connectivity index (χ3v) is 3.43. The molecule has 0 aliphatic rings. The highest BCUT2D eigenvalue weighted by atomic mass is 35.5. The van der Waals surface area contributed by atoms with Gasteiger partial charge in [0, 0.05) is 25.1 Å². The van der Waals surface area contributed by atoms with Crippen molar-refractivity contribution >= 4 is 23.6 Å². The van der Waals surface area contributed by atoms with E-state index in [1.807, 2.05) is 20.8 Å². The van der Waals surface area contributed by atoms with Crippen LogP contribution in [0.15, 0.2) is 54.9 Å².